The number of rotatable bonds is 5. The van der Waals surface area contributed by atoms with E-state index in [1.54, 1.807) is 7.11 Å². The number of hydrogen-bond acceptors (Lipinski definition) is 5. The van der Waals surface area contributed by atoms with Crippen LogP contribution in [0.2, 0.25) is 0 Å². The maximum Gasteiger partial charge on any atom is 0.180 e. The van der Waals surface area contributed by atoms with Gasteiger partial charge in [0.1, 0.15) is 0 Å². The summed E-state index contributed by atoms with van der Waals surface area (Å²) in [6, 6.07) is 5.88. The van der Waals surface area contributed by atoms with E-state index in [0.717, 1.165) is 27.6 Å². The van der Waals surface area contributed by atoms with Crippen LogP contribution in [0.1, 0.15) is 19.5 Å². The molecule has 4 nitrogen and oxygen atoms in total. The lowest BCUT2D eigenvalue weighted by Crippen LogP contribution is -2.05. The minimum absolute atomic E-state index is 0.462. The number of nitrogen functional groups attached to an aromatic ring is 1. The van der Waals surface area contributed by atoms with Crippen LogP contribution >= 0.6 is 11.3 Å². The second kappa shape index (κ2) is 6.13. The van der Waals surface area contributed by atoms with Gasteiger partial charge in [-0.1, -0.05) is 31.3 Å². The first-order chi connectivity index (χ1) is 9.52. The van der Waals surface area contributed by atoms with Crippen molar-refractivity contribution in [1.29, 1.82) is 0 Å². The van der Waals surface area contributed by atoms with E-state index in [4.69, 9.17) is 15.2 Å². The largest absolute Gasteiger partial charge is 0.492 e. The molecular weight excluding hydrogens is 272 g/mol. The average molecular weight is 292 g/mol. The van der Waals surface area contributed by atoms with Gasteiger partial charge in [0.25, 0.3) is 0 Å². The molecule has 0 radical (unpaired) electrons. The first kappa shape index (κ1) is 14.7. The van der Waals surface area contributed by atoms with Crippen molar-refractivity contribution in [2.24, 2.45) is 5.92 Å². The molecule has 0 fully saturated rings. The van der Waals surface area contributed by atoms with Crippen molar-refractivity contribution in [3.8, 4) is 21.9 Å². The van der Waals surface area contributed by atoms with Crippen LogP contribution in [0.4, 0.5) is 5.13 Å². The number of benzene rings is 1. The SMILES string of the molecule is COc1c(OCC(C)C)cccc1-c1sc(N)nc1C. The molecule has 0 amide bonds. The molecule has 0 unspecified atom stereocenters. The van der Waals surface area contributed by atoms with Crippen LogP contribution in [-0.2, 0) is 0 Å². The first-order valence-electron chi connectivity index (χ1n) is 6.56. The summed E-state index contributed by atoms with van der Waals surface area (Å²) in [6.45, 7) is 6.83. The molecule has 2 aromatic rings. The second-order valence-electron chi connectivity index (χ2n) is 5.01. The van der Waals surface area contributed by atoms with E-state index in [-0.39, 0.29) is 0 Å². The lowest BCUT2D eigenvalue weighted by molar-refractivity contribution is 0.257. The van der Waals surface area contributed by atoms with Gasteiger partial charge in [-0.15, -0.1) is 0 Å². The van der Waals surface area contributed by atoms with Crippen LogP contribution < -0.4 is 15.2 Å². The minimum atomic E-state index is 0.462. The number of nitrogens with zero attached hydrogens (tertiary/aromatic N) is 1. The van der Waals surface area contributed by atoms with Gasteiger partial charge in [-0.3, -0.25) is 0 Å². The predicted octanol–water partition coefficient (Wildman–Crippen LogP) is 3.74. The number of nitrogens with two attached hydrogens (primary N) is 1. The fraction of sp³-hybridized carbons (Fsp3) is 0.400. The van der Waals surface area contributed by atoms with E-state index >= 15 is 0 Å². The topological polar surface area (TPSA) is 57.4 Å². The molecule has 1 aromatic carbocycles. The summed E-state index contributed by atoms with van der Waals surface area (Å²) in [5.41, 5.74) is 7.66. The van der Waals surface area contributed by atoms with E-state index in [1.807, 2.05) is 25.1 Å². The fourth-order valence-electron chi connectivity index (χ4n) is 1.94. The van der Waals surface area contributed by atoms with Crippen LogP contribution in [-0.4, -0.2) is 18.7 Å². The monoisotopic (exact) mass is 292 g/mol. The zero-order chi connectivity index (χ0) is 14.7. The molecule has 0 saturated carbocycles. The fourth-order valence-corrected chi connectivity index (χ4v) is 2.80. The average Bonchev–Trinajstić information content (AvgIpc) is 2.74. The Bertz CT molecular complexity index is 594. The predicted molar refractivity (Wildman–Crippen MR) is 83.6 cm³/mol. The molecule has 0 saturated heterocycles. The Labute approximate surface area is 123 Å². The van der Waals surface area contributed by atoms with Gasteiger partial charge in [0, 0.05) is 5.56 Å². The van der Waals surface area contributed by atoms with Crippen LogP contribution in [0.5, 0.6) is 11.5 Å². The zero-order valence-electron chi connectivity index (χ0n) is 12.3. The number of ether oxygens (including phenoxy) is 2. The maximum absolute atomic E-state index is 5.83. The molecule has 1 heterocycles. The van der Waals surface area contributed by atoms with E-state index in [2.05, 4.69) is 18.8 Å². The van der Waals surface area contributed by atoms with Gasteiger partial charge in [-0.25, -0.2) is 4.98 Å². The molecule has 2 N–H and O–H groups in total. The summed E-state index contributed by atoms with van der Waals surface area (Å²) in [6.07, 6.45) is 0. The van der Waals surface area contributed by atoms with Crippen LogP contribution in [0.3, 0.4) is 0 Å². The van der Waals surface area contributed by atoms with Gasteiger partial charge in [-0.2, -0.15) is 0 Å². The van der Waals surface area contributed by atoms with Crippen molar-refractivity contribution in [2.75, 3.05) is 19.5 Å². The zero-order valence-corrected chi connectivity index (χ0v) is 13.1. The summed E-state index contributed by atoms with van der Waals surface area (Å²) < 4.78 is 11.4. The molecule has 5 heteroatoms. The van der Waals surface area contributed by atoms with Crippen molar-refractivity contribution in [2.45, 2.75) is 20.8 Å². The molecule has 108 valence electrons. The Balaban J connectivity index is 2.43. The summed E-state index contributed by atoms with van der Waals surface area (Å²) in [4.78, 5) is 5.29. The smallest absolute Gasteiger partial charge is 0.180 e. The molecule has 0 atom stereocenters. The normalized spacial score (nSPS) is 10.8. The quantitative estimate of drug-likeness (QED) is 0.912. The van der Waals surface area contributed by atoms with Crippen LogP contribution in [0.25, 0.3) is 10.4 Å². The molecule has 20 heavy (non-hydrogen) atoms. The van der Waals surface area contributed by atoms with Crippen molar-refractivity contribution in [1.82, 2.24) is 4.98 Å². The Morgan fingerprint density at radius 2 is 2.10 bits per heavy atom. The molecule has 0 aliphatic rings. The standard InChI is InChI=1S/C15H20N2O2S/c1-9(2)8-19-12-7-5-6-11(13(12)18-4)14-10(3)17-15(16)20-14/h5-7,9H,8H2,1-4H3,(H2,16,17). The Hall–Kier alpha value is -1.75. The molecule has 1 aromatic heterocycles. The van der Waals surface area contributed by atoms with E-state index < -0.39 is 0 Å². The van der Waals surface area contributed by atoms with Gasteiger partial charge in [0.2, 0.25) is 0 Å². The highest BCUT2D eigenvalue weighted by molar-refractivity contribution is 7.18. The molecular formula is C15H20N2O2S. The molecule has 0 bridgehead atoms. The lowest BCUT2D eigenvalue weighted by Gasteiger charge is -2.15. The van der Waals surface area contributed by atoms with E-state index in [9.17, 15) is 0 Å². The van der Waals surface area contributed by atoms with Crippen LogP contribution in [0.15, 0.2) is 18.2 Å². The van der Waals surface area contributed by atoms with Crippen molar-refractivity contribution >= 4 is 16.5 Å². The summed E-state index contributed by atoms with van der Waals surface area (Å²) in [5.74, 6) is 1.95. The maximum atomic E-state index is 5.83. The number of anilines is 1. The third-order valence-corrected chi connectivity index (χ3v) is 3.83. The Morgan fingerprint density at radius 1 is 1.35 bits per heavy atom. The van der Waals surface area contributed by atoms with Gasteiger partial charge in [0.05, 0.1) is 24.3 Å². The van der Waals surface area contributed by atoms with Gasteiger partial charge in [0.15, 0.2) is 16.6 Å². The summed E-state index contributed by atoms with van der Waals surface area (Å²) in [5, 5.41) is 0.563. The highest BCUT2D eigenvalue weighted by Crippen LogP contribution is 2.42. The minimum Gasteiger partial charge on any atom is -0.492 e. The number of methoxy groups -OCH3 is 1. The van der Waals surface area contributed by atoms with Gasteiger partial charge in [-0.05, 0) is 25.0 Å². The Morgan fingerprint density at radius 3 is 2.65 bits per heavy atom. The second-order valence-corrected chi connectivity index (χ2v) is 6.04. The van der Waals surface area contributed by atoms with E-state index in [1.165, 1.54) is 11.3 Å². The number of thiazole rings is 1. The van der Waals surface area contributed by atoms with Crippen molar-refractivity contribution in [3.05, 3.63) is 23.9 Å². The lowest BCUT2D eigenvalue weighted by atomic mass is 10.1. The summed E-state index contributed by atoms with van der Waals surface area (Å²) >= 11 is 1.46. The van der Waals surface area contributed by atoms with Crippen molar-refractivity contribution < 1.29 is 9.47 Å². The Kier molecular flexibility index (Phi) is 4.49. The number of aryl methyl sites for hydroxylation is 1. The number of aromatic nitrogens is 1. The summed E-state index contributed by atoms with van der Waals surface area (Å²) in [7, 11) is 1.65. The third kappa shape index (κ3) is 3.04. The van der Waals surface area contributed by atoms with Crippen molar-refractivity contribution in [3.63, 3.8) is 0 Å². The highest BCUT2D eigenvalue weighted by atomic mass is 32.1. The molecule has 0 aliphatic heterocycles. The molecule has 0 spiro atoms. The van der Waals surface area contributed by atoms with Crippen LogP contribution in [0, 0.1) is 12.8 Å². The van der Waals surface area contributed by atoms with Gasteiger partial charge >= 0.3 is 0 Å². The number of para-hydroxylation sites is 1. The van der Waals surface area contributed by atoms with Gasteiger partial charge < -0.3 is 15.2 Å². The molecule has 2 rings (SSSR count). The first-order valence-corrected chi connectivity index (χ1v) is 7.37. The number of hydrogen-bond donors (Lipinski definition) is 1. The molecule has 0 aliphatic carbocycles. The third-order valence-electron chi connectivity index (χ3n) is 2.81. The van der Waals surface area contributed by atoms with E-state index in [0.29, 0.717) is 17.7 Å². The highest BCUT2D eigenvalue weighted by Gasteiger charge is 2.16.